The van der Waals surface area contributed by atoms with Crippen LogP contribution in [-0.4, -0.2) is 53.1 Å². The highest BCUT2D eigenvalue weighted by molar-refractivity contribution is 5.81. The van der Waals surface area contributed by atoms with Crippen molar-refractivity contribution in [3.63, 3.8) is 0 Å². The summed E-state index contributed by atoms with van der Waals surface area (Å²) in [6, 6.07) is -0.269. The number of nitrogens with one attached hydrogen (secondary N) is 1. The molecule has 1 saturated heterocycles. The van der Waals surface area contributed by atoms with Crippen LogP contribution in [0.5, 0.6) is 0 Å². The van der Waals surface area contributed by atoms with Crippen molar-refractivity contribution in [3.8, 4) is 0 Å². The molecule has 2 rings (SSSR count). The molecule has 1 aliphatic rings. The lowest BCUT2D eigenvalue weighted by atomic mass is 10.2. The van der Waals surface area contributed by atoms with Gasteiger partial charge in [-0.1, -0.05) is 6.92 Å². The first kappa shape index (κ1) is 14.7. The van der Waals surface area contributed by atoms with E-state index < -0.39 is 0 Å². The fourth-order valence-corrected chi connectivity index (χ4v) is 2.09. The van der Waals surface area contributed by atoms with E-state index in [1.807, 2.05) is 6.92 Å². The summed E-state index contributed by atoms with van der Waals surface area (Å²) >= 11 is 0. The minimum atomic E-state index is -0.269. The van der Waals surface area contributed by atoms with Gasteiger partial charge in [-0.25, -0.2) is 4.98 Å². The number of amides is 1. The second-order valence-corrected chi connectivity index (χ2v) is 4.78. The van der Waals surface area contributed by atoms with E-state index in [9.17, 15) is 4.79 Å². The van der Waals surface area contributed by atoms with E-state index in [0.29, 0.717) is 38.7 Å². The van der Waals surface area contributed by atoms with Crippen molar-refractivity contribution < 1.29 is 9.53 Å². The molecule has 1 aromatic heterocycles. The first-order valence-electron chi connectivity index (χ1n) is 6.86. The molecular formula is C13H21N5O2. The van der Waals surface area contributed by atoms with Gasteiger partial charge in [-0.15, -0.1) is 0 Å². The zero-order chi connectivity index (χ0) is 14.4. The number of hydrogen-bond acceptors (Lipinski definition) is 6. The van der Waals surface area contributed by atoms with Gasteiger partial charge in [0, 0.05) is 19.6 Å². The van der Waals surface area contributed by atoms with E-state index in [2.05, 4.69) is 20.2 Å². The van der Waals surface area contributed by atoms with Crippen LogP contribution in [0.1, 0.15) is 19.0 Å². The van der Waals surface area contributed by atoms with Crippen LogP contribution in [0.4, 0.5) is 5.82 Å². The Morgan fingerprint density at radius 3 is 3.10 bits per heavy atom. The summed E-state index contributed by atoms with van der Waals surface area (Å²) < 4.78 is 5.41. The summed E-state index contributed by atoms with van der Waals surface area (Å²) in [6.07, 6.45) is 4.09. The van der Waals surface area contributed by atoms with Crippen molar-refractivity contribution in [1.82, 2.24) is 20.2 Å². The number of nitrogens with two attached hydrogens (primary N) is 1. The van der Waals surface area contributed by atoms with Gasteiger partial charge in [0.2, 0.25) is 5.91 Å². The van der Waals surface area contributed by atoms with Gasteiger partial charge in [0.05, 0.1) is 31.3 Å². The van der Waals surface area contributed by atoms with Gasteiger partial charge in [0.15, 0.2) is 0 Å². The number of anilines is 1. The van der Waals surface area contributed by atoms with Crippen molar-refractivity contribution in [2.24, 2.45) is 0 Å². The molecular weight excluding hydrogens is 258 g/mol. The molecule has 1 atom stereocenters. The molecule has 0 radical (unpaired) electrons. The molecule has 1 aliphatic heterocycles. The molecule has 0 aromatic carbocycles. The molecule has 0 aliphatic carbocycles. The Morgan fingerprint density at radius 2 is 2.40 bits per heavy atom. The van der Waals surface area contributed by atoms with Gasteiger partial charge < -0.3 is 15.8 Å². The van der Waals surface area contributed by atoms with Gasteiger partial charge in [0.1, 0.15) is 11.9 Å². The average Bonchev–Trinajstić information content (AvgIpc) is 2.48. The third-order valence-corrected chi connectivity index (χ3v) is 3.18. The van der Waals surface area contributed by atoms with E-state index in [4.69, 9.17) is 10.5 Å². The lowest BCUT2D eigenvalue weighted by Crippen LogP contribution is -2.53. The fourth-order valence-electron chi connectivity index (χ4n) is 2.09. The van der Waals surface area contributed by atoms with Crippen molar-refractivity contribution in [2.45, 2.75) is 25.9 Å². The van der Waals surface area contributed by atoms with E-state index >= 15 is 0 Å². The number of morpholine rings is 1. The SMILES string of the molecule is CCCNC(=O)C1COCCN1Cc1cnc(N)cn1. The minimum Gasteiger partial charge on any atom is -0.382 e. The number of carbonyl (C=O) groups excluding carboxylic acids is 1. The standard InChI is InChI=1S/C13H21N5O2/c1-2-3-15-13(19)11-9-20-5-4-18(11)8-10-6-17-12(14)7-16-10/h6-7,11H,2-5,8-9H2,1H3,(H2,14,17)(H,15,19). The summed E-state index contributed by atoms with van der Waals surface area (Å²) in [6.45, 7) is 5.03. The highest BCUT2D eigenvalue weighted by Crippen LogP contribution is 2.11. The lowest BCUT2D eigenvalue weighted by Gasteiger charge is -2.34. The molecule has 0 spiro atoms. The first-order chi connectivity index (χ1) is 9.70. The Labute approximate surface area is 118 Å². The Balaban J connectivity index is 1.99. The molecule has 3 N–H and O–H groups in total. The molecule has 0 bridgehead atoms. The van der Waals surface area contributed by atoms with E-state index in [1.54, 1.807) is 6.20 Å². The van der Waals surface area contributed by atoms with Crippen LogP contribution in [0.2, 0.25) is 0 Å². The molecule has 2 heterocycles. The van der Waals surface area contributed by atoms with Crippen LogP contribution in [-0.2, 0) is 16.1 Å². The van der Waals surface area contributed by atoms with E-state index in [0.717, 1.165) is 12.1 Å². The van der Waals surface area contributed by atoms with Crippen LogP contribution in [0.3, 0.4) is 0 Å². The molecule has 1 fully saturated rings. The van der Waals surface area contributed by atoms with Crippen LogP contribution in [0.15, 0.2) is 12.4 Å². The second-order valence-electron chi connectivity index (χ2n) is 4.78. The van der Waals surface area contributed by atoms with Gasteiger partial charge in [0.25, 0.3) is 0 Å². The molecule has 1 amide bonds. The smallest absolute Gasteiger partial charge is 0.239 e. The van der Waals surface area contributed by atoms with Crippen molar-refractivity contribution in [2.75, 3.05) is 32.0 Å². The predicted molar refractivity (Wildman–Crippen MR) is 74.8 cm³/mol. The van der Waals surface area contributed by atoms with Crippen molar-refractivity contribution in [3.05, 3.63) is 18.1 Å². The number of carbonyl (C=O) groups is 1. The molecule has 7 nitrogen and oxygen atoms in total. The monoisotopic (exact) mass is 279 g/mol. The lowest BCUT2D eigenvalue weighted by molar-refractivity contribution is -0.133. The number of nitrogen functional groups attached to an aromatic ring is 1. The number of hydrogen-bond donors (Lipinski definition) is 2. The molecule has 110 valence electrons. The van der Waals surface area contributed by atoms with Crippen molar-refractivity contribution in [1.29, 1.82) is 0 Å². The Kier molecular flexibility index (Phi) is 5.25. The molecule has 7 heteroatoms. The minimum absolute atomic E-state index is 0.00922. The topological polar surface area (TPSA) is 93.4 Å². The Morgan fingerprint density at radius 1 is 1.55 bits per heavy atom. The zero-order valence-corrected chi connectivity index (χ0v) is 11.7. The maximum absolute atomic E-state index is 12.1. The summed E-state index contributed by atoms with van der Waals surface area (Å²) in [7, 11) is 0. The predicted octanol–water partition coefficient (Wildman–Crippen LogP) is -0.214. The van der Waals surface area contributed by atoms with E-state index in [1.165, 1.54) is 6.20 Å². The third kappa shape index (κ3) is 3.88. The highest BCUT2D eigenvalue weighted by Gasteiger charge is 2.29. The average molecular weight is 279 g/mol. The van der Waals surface area contributed by atoms with Crippen molar-refractivity contribution >= 4 is 11.7 Å². The maximum Gasteiger partial charge on any atom is 0.239 e. The zero-order valence-electron chi connectivity index (χ0n) is 11.7. The van der Waals surface area contributed by atoms with Crippen LogP contribution >= 0.6 is 0 Å². The summed E-state index contributed by atoms with van der Waals surface area (Å²) in [5.74, 6) is 0.405. The molecule has 0 saturated carbocycles. The summed E-state index contributed by atoms with van der Waals surface area (Å²) in [5, 5.41) is 2.91. The molecule has 1 unspecified atom stereocenters. The largest absolute Gasteiger partial charge is 0.382 e. The quantitative estimate of drug-likeness (QED) is 0.774. The highest BCUT2D eigenvalue weighted by atomic mass is 16.5. The normalized spacial score (nSPS) is 19.8. The summed E-state index contributed by atoms with van der Waals surface area (Å²) in [5.41, 5.74) is 6.32. The van der Waals surface area contributed by atoms with Gasteiger partial charge in [-0.2, -0.15) is 0 Å². The van der Waals surface area contributed by atoms with Gasteiger partial charge in [-0.3, -0.25) is 14.7 Å². The Hall–Kier alpha value is -1.73. The van der Waals surface area contributed by atoms with Crippen LogP contribution < -0.4 is 11.1 Å². The Bertz CT molecular complexity index is 437. The second kappa shape index (κ2) is 7.16. The number of ether oxygens (including phenoxy) is 1. The number of aromatic nitrogens is 2. The third-order valence-electron chi connectivity index (χ3n) is 3.18. The van der Waals surface area contributed by atoms with Crippen LogP contribution in [0, 0.1) is 0 Å². The first-order valence-corrected chi connectivity index (χ1v) is 6.86. The molecule has 1 aromatic rings. The summed E-state index contributed by atoms with van der Waals surface area (Å²) in [4.78, 5) is 22.4. The van der Waals surface area contributed by atoms with Gasteiger partial charge in [-0.05, 0) is 6.42 Å². The fraction of sp³-hybridized carbons (Fsp3) is 0.615. The van der Waals surface area contributed by atoms with Gasteiger partial charge >= 0.3 is 0 Å². The van der Waals surface area contributed by atoms with E-state index in [-0.39, 0.29) is 11.9 Å². The van der Waals surface area contributed by atoms with Crippen LogP contribution in [0.25, 0.3) is 0 Å². The maximum atomic E-state index is 12.1. The number of nitrogens with zero attached hydrogens (tertiary/aromatic N) is 3. The number of rotatable bonds is 5. The molecule has 20 heavy (non-hydrogen) atoms.